The predicted octanol–water partition coefficient (Wildman–Crippen LogP) is -1.96. The third-order valence-electron chi connectivity index (χ3n) is 6.76. The molecule has 1 aliphatic heterocycles. The highest BCUT2D eigenvalue weighted by Gasteiger charge is 2.62. The second-order valence-corrected chi connectivity index (χ2v) is 10.3. The van der Waals surface area contributed by atoms with E-state index in [0.717, 1.165) is 0 Å². The molecular formula is C21H40N4O6. The minimum atomic E-state index is -1.76. The Morgan fingerprint density at radius 1 is 1.06 bits per heavy atom. The third-order valence-corrected chi connectivity index (χ3v) is 6.76. The second-order valence-electron chi connectivity index (χ2n) is 10.3. The summed E-state index contributed by atoms with van der Waals surface area (Å²) in [7, 11) is 3.36. The zero-order valence-corrected chi connectivity index (χ0v) is 19.4. The van der Waals surface area contributed by atoms with Gasteiger partial charge in [0.2, 0.25) is 11.7 Å². The molecule has 0 radical (unpaired) electrons. The highest BCUT2D eigenvalue weighted by molar-refractivity contribution is 5.78. The first-order valence-corrected chi connectivity index (χ1v) is 11.2. The van der Waals surface area contributed by atoms with E-state index in [1.54, 1.807) is 14.1 Å². The summed E-state index contributed by atoms with van der Waals surface area (Å²) in [5.74, 6) is -1.82. The van der Waals surface area contributed by atoms with E-state index in [2.05, 4.69) is 21.3 Å². The molecule has 31 heavy (non-hydrogen) atoms. The van der Waals surface area contributed by atoms with Crippen molar-refractivity contribution < 1.29 is 29.6 Å². The van der Waals surface area contributed by atoms with Crippen LogP contribution in [0.2, 0.25) is 0 Å². The van der Waals surface area contributed by atoms with Crippen molar-refractivity contribution in [2.45, 2.75) is 101 Å². The number of ether oxygens (including phenoxy) is 2. The summed E-state index contributed by atoms with van der Waals surface area (Å²) in [6.45, 7) is 8.07. The van der Waals surface area contributed by atoms with Gasteiger partial charge in [0.25, 0.3) is 0 Å². The minimum absolute atomic E-state index is 0.114. The van der Waals surface area contributed by atoms with Crippen LogP contribution in [0.25, 0.3) is 0 Å². The number of amides is 1. The Balaban J connectivity index is 1.81. The van der Waals surface area contributed by atoms with Crippen LogP contribution in [0.1, 0.15) is 40.5 Å². The van der Waals surface area contributed by atoms with Crippen LogP contribution in [0.3, 0.4) is 0 Å². The Morgan fingerprint density at radius 3 is 2.29 bits per heavy atom. The van der Waals surface area contributed by atoms with Gasteiger partial charge in [-0.25, -0.2) is 0 Å². The van der Waals surface area contributed by atoms with Crippen LogP contribution in [-0.2, 0) is 14.3 Å². The molecule has 3 aliphatic rings. The summed E-state index contributed by atoms with van der Waals surface area (Å²) in [5.41, 5.74) is -0.216. The lowest BCUT2D eigenvalue weighted by Gasteiger charge is -2.58. The summed E-state index contributed by atoms with van der Waals surface area (Å²) in [6.07, 6.45) is -3.13. The van der Waals surface area contributed by atoms with E-state index in [4.69, 9.17) is 9.47 Å². The van der Waals surface area contributed by atoms with Gasteiger partial charge >= 0.3 is 0 Å². The molecular weight excluding hydrogens is 404 g/mol. The predicted molar refractivity (Wildman–Crippen MR) is 114 cm³/mol. The third kappa shape index (κ3) is 4.91. The Kier molecular flexibility index (Phi) is 7.34. The van der Waals surface area contributed by atoms with E-state index in [1.165, 1.54) is 0 Å². The minimum Gasteiger partial charge on any atom is -0.390 e. The van der Waals surface area contributed by atoms with Crippen LogP contribution in [0.5, 0.6) is 0 Å². The average molecular weight is 445 g/mol. The van der Waals surface area contributed by atoms with Crippen molar-refractivity contribution in [1.29, 1.82) is 0 Å². The lowest BCUT2D eigenvalue weighted by molar-refractivity contribution is -0.392. The fourth-order valence-electron chi connectivity index (χ4n) is 5.10. The molecule has 1 amide bonds. The number of hydrogen-bond acceptors (Lipinski definition) is 9. The summed E-state index contributed by atoms with van der Waals surface area (Å²) in [6, 6.07) is -1.85. The van der Waals surface area contributed by atoms with Crippen molar-refractivity contribution in [1.82, 2.24) is 21.3 Å². The number of nitrogens with one attached hydrogen (secondary N) is 4. The number of likely N-dealkylation sites (N-methyl/N-ethyl adjacent to an activating group) is 2. The van der Waals surface area contributed by atoms with Crippen LogP contribution < -0.4 is 21.3 Å². The van der Waals surface area contributed by atoms with E-state index in [1.807, 2.05) is 27.7 Å². The number of hydrogen-bond donors (Lipinski definition) is 7. The molecule has 0 spiro atoms. The molecule has 180 valence electrons. The second kappa shape index (κ2) is 9.18. The zero-order valence-electron chi connectivity index (χ0n) is 19.4. The lowest BCUT2D eigenvalue weighted by atomic mass is 9.75. The summed E-state index contributed by atoms with van der Waals surface area (Å²) < 4.78 is 12.4. The number of carbonyl (C=O) groups excluding carboxylic acids is 1. The van der Waals surface area contributed by atoms with Crippen LogP contribution >= 0.6 is 0 Å². The lowest BCUT2D eigenvalue weighted by Crippen LogP contribution is -2.78. The quantitative estimate of drug-likeness (QED) is 0.257. The van der Waals surface area contributed by atoms with Crippen LogP contribution in [-0.4, -0.2) is 102 Å². The van der Waals surface area contributed by atoms with Gasteiger partial charge in [-0.15, -0.1) is 0 Å². The zero-order chi connectivity index (χ0) is 23.1. The maximum atomic E-state index is 12.6. The van der Waals surface area contributed by atoms with Gasteiger partial charge in [0, 0.05) is 5.54 Å². The molecule has 1 heterocycles. The normalized spacial score (nSPS) is 45.5. The number of carbonyl (C=O) groups is 1. The van der Waals surface area contributed by atoms with Gasteiger partial charge in [-0.3, -0.25) is 4.79 Å². The molecule has 10 atom stereocenters. The maximum Gasteiger partial charge on any atom is 0.234 e. The van der Waals surface area contributed by atoms with Gasteiger partial charge in [-0.1, -0.05) is 6.92 Å². The molecule has 0 unspecified atom stereocenters. The van der Waals surface area contributed by atoms with E-state index in [9.17, 15) is 20.1 Å². The largest absolute Gasteiger partial charge is 0.390 e. The van der Waals surface area contributed by atoms with Crippen molar-refractivity contribution in [3.63, 3.8) is 0 Å². The topological polar surface area (TPSA) is 144 Å². The van der Waals surface area contributed by atoms with E-state index >= 15 is 0 Å². The molecule has 0 aromatic rings. The van der Waals surface area contributed by atoms with Crippen molar-refractivity contribution in [3.8, 4) is 0 Å². The Hall–Kier alpha value is -0.850. The molecule has 0 aromatic carbocycles. The molecule has 7 N–H and O–H groups in total. The first-order chi connectivity index (χ1) is 14.4. The molecule has 10 heteroatoms. The molecule has 2 aliphatic carbocycles. The molecule has 3 fully saturated rings. The fourth-order valence-corrected chi connectivity index (χ4v) is 5.10. The van der Waals surface area contributed by atoms with Crippen LogP contribution in [0.15, 0.2) is 0 Å². The van der Waals surface area contributed by atoms with Crippen molar-refractivity contribution in [2.24, 2.45) is 5.92 Å². The Bertz CT molecular complexity index is 646. The van der Waals surface area contributed by atoms with Gasteiger partial charge in [-0.2, -0.15) is 0 Å². The molecule has 0 aromatic heterocycles. The van der Waals surface area contributed by atoms with Crippen LogP contribution in [0.4, 0.5) is 0 Å². The number of aliphatic hydroxyl groups is 3. The van der Waals surface area contributed by atoms with Gasteiger partial charge in [-0.05, 0) is 53.6 Å². The van der Waals surface area contributed by atoms with Crippen molar-refractivity contribution in [2.75, 3.05) is 20.6 Å². The molecule has 1 saturated heterocycles. The summed E-state index contributed by atoms with van der Waals surface area (Å²) in [5, 5.41) is 45.2. The monoisotopic (exact) mass is 444 g/mol. The number of fused-ring (bicyclic) bond motifs is 2. The van der Waals surface area contributed by atoms with Gasteiger partial charge in [0.1, 0.15) is 24.4 Å². The van der Waals surface area contributed by atoms with Gasteiger partial charge in [0.05, 0.1) is 30.8 Å². The van der Waals surface area contributed by atoms with E-state index in [-0.39, 0.29) is 23.9 Å². The first-order valence-electron chi connectivity index (χ1n) is 11.2. The summed E-state index contributed by atoms with van der Waals surface area (Å²) in [4.78, 5) is 12.6. The molecule has 0 bridgehead atoms. The Morgan fingerprint density at radius 2 is 1.71 bits per heavy atom. The number of rotatable bonds is 5. The highest BCUT2D eigenvalue weighted by Crippen LogP contribution is 2.44. The fraction of sp³-hybridized carbons (Fsp3) is 0.952. The smallest absolute Gasteiger partial charge is 0.234 e. The van der Waals surface area contributed by atoms with Crippen LogP contribution in [0, 0.1) is 5.92 Å². The Labute approximate surface area is 184 Å². The number of aliphatic hydroxyl groups excluding tert-OH is 2. The molecule has 3 rings (SSSR count). The first kappa shape index (κ1) is 24.8. The highest BCUT2D eigenvalue weighted by atomic mass is 16.7. The van der Waals surface area contributed by atoms with Crippen molar-refractivity contribution >= 4 is 5.91 Å². The average Bonchev–Trinajstić information content (AvgIpc) is 2.67. The molecule has 10 nitrogen and oxygen atoms in total. The van der Waals surface area contributed by atoms with E-state index < -0.39 is 54.4 Å². The summed E-state index contributed by atoms with van der Waals surface area (Å²) >= 11 is 0. The standard InChI is InChI=1S/C21H40N4O6/c1-10-7-11(25-13(26)9-24-20(2,3)4)21(29)12(8-10)30-19-17(28)14(22-5)16(27)15(23-6)18(19)31-21/h10-12,14-19,22-24,27-29H,7-9H2,1-6H3,(H,25,26)/t10-,11-,12-,14-,15+,16+,17+,18-,19-,21+/m1/s1. The molecule has 2 saturated carbocycles. The SMILES string of the molecule is CN[C@@H]1[C@H](O)[C@H](NC)[C@H]2O[C@@]3(O)[C@H](NC(=O)CNC(C)(C)C)C[C@@H](C)C[C@H]3O[C@@H]2[C@H]1O. The van der Waals surface area contributed by atoms with Gasteiger partial charge < -0.3 is 46.1 Å². The van der Waals surface area contributed by atoms with E-state index in [0.29, 0.717) is 12.8 Å². The van der Waals surface area contributed by atoms with Gasteiger partial charge in [0.15, 0.2) is 0 Å². The maximum absolute atomic E-state index is 12.6. The van der Waals surface area contributed by atoms with Crippen molar-refractivity contribution in [3.05, 3.63) is 0 Å².